The Labute approximate surface area is 173 Å². The maximum atomic E-state index is 8.08. The van der Waals surface area contributed by atoms with Crippen molar-refractivity contribution < 1.29 is 54.4 Å². The quantitative estimate of drug-likeness (QED) is 0.317. The SMILES string of the molecule is CC(C)(C)OON(OOC(C)(C)C)OOC(C)(C)C.CC(C)(C)OOOB(O)O. The molecule has 0 heterocycles. The van der Waals surface area contributed by atoms with E-state index in [0.29, 0.717) is 5.39 Å². The molecular formula is C16H38BNO11. The molecule has 176 valence electrons. The molecule has 0 saturated heterocycles. The van der Waals surface area contributed by atoms with E-state index >= 15 is 0 Å². The summed E-state index contributed by atoms with van der Waals surface area (Å²) >= 11 is 0. The molecule has 0 unspecified atom stereocenters. The van der Waals surface area contributed by atoms with Crippen molar-refractivity contribution in [3.05, 3.63) is 0 Å². The fourth-order valence-corrected chi connectivity index (χ4v) is 0.621. The van der Waals surface area contributed by atoms with Gasteiger partial charge in [-0.05, 0) is 83.1 Å². The van der Waals surface area contributed by atoms with E-state index in [-0.39, 0.29) is 0 Å². The van der Waals surface area contributed by atoms with Crippen molar-refractivity contribution in [2.45, 2.75) is 105 Å². The highest BCUT2D eigenvalue weighted by Gasteiger charge is 2.24. The standard InChI is InChI=1S/C12H27NO6.C4H11BO5/c1-10(2,3)14-17-13(18-15-11(4,5)6)19-16-12(7,8)9;1-4(2,3)8-10-9-5(6)7/h1-9H3;6-7H,1-3H3. The molecule has 0 fully saturated rings. The summed E-state index contributed by atoms with van der Waals surface area (Å²) in [6.45, 7) is 21.4. The van der Waals surface area contributed by atoms with Crippen LogP contribution in [0.5, 0.6) is 0 Å². The van der Waals surface area contributed by atoms with Crippen LogP contribution in [0.25, 0.3) is 0 Å². The molecule has 0 spiro atoms. The van der Waals surface area contributed by atoms with Gasteiger partial charge in [0.05, 0.1) is 22.4 Å². The second-order valence-electron chi connectivity index (χ2n) is 9.72. The molecule has 0 bridgehead atoms. The normalized spacial score (nSPS) is 13.3. The Balaban J connectivity index is 0. The minimum absolute atomic E-state index is 0.516. The minimum Gasteiger partial charge on any atom is -0.400 e. The van der Waals surface area contributed by atoms with Crippen LogP contribution in [0.3, 0.4) is 0 Å². The molecule has 0 aliphatic carbocycles. The largest absolute Gasteiger partial charge is 0.664 e. The zero-order chi connectivity index (χ0) is 23.5. The molecule has 0 saturated carbocycles. The maximum Gasteiger partial charge on any atom is 0.664 e. The average molecular weight is 431 g/mol. The van der Waals surface area contributed by atoms with Crippen LogP contribution >= 0.6 is 0 Å². The van der Waals surface area contributed by atoms with Gasteiger partial charge in [0.25, 0.3) is 0 Å². The lowest BCUT2D eigenvalue weighted by molar-refractivity contribution is -0.757. The van der Waals surface area contributed by atoms with E-state index in [0.717, 1.165) is 0 Å². The molecule has 13 heteroatoms. The summed E-state index contributed by atoms with van der Waals surface area (Å²) in [5.41, 5.74) is -2.17. The fraction of sp³-hybridized carbons (Fsp3) is 1.00. The molecule has 0 rings (SSSR count). The van der Waals surface area contributed by atoms with E-state index < -0.39 is 29.7 Å². The number of hydrogen-bond donors (Lipinski definition) is 2. The average Bonchev–Trinajstić information content (AvgIpc) is 2.42. The van der Waals surface area contributed by atoms with Gasteiger partial charge in [-0.25, -0.2) is 24.4 Å². The van der Waals surface area contributed by atoms with Gasteiger partial charge in [-0.3, -0.25) is 0 Å². The van der Waals surface area contributed by atoms with Crippen molar-refractivity contribution in [3.8, 4) is 0 Å². The molecule has 0 aliphatic rings. The Morgan fingerprint density at radius 3 is 1.00 bits per heavy atom. The molecule has 0 aromatic carbocycles. The van der Waals surface area contributed by atoms with Gasteiger partial charge < -0.3 is 10.0 Å². The van der Waals surface area contributed by atoms with Crippen molar-refractivity contribution in [1.29, 1.82) is 0 Å². The highest BCUT2D eigenvalue weighted by molar-refractivity contribution is 6.32. The van der Waals surface area contributed by atoms with Gasteiger partial charge in [0, 0.05) is 0 Å². The van der Waals surface area contributed by atoms with Crippen LogP contribution in [-0.2, 0) is 44.4 Å². The Bertz CT molecular complexity index is 368. The van der Waals surface area contributed by atoms with Gasteiger partial charge in [-0.2, -0.15) is 0 Å². The third-order valence-corrected chi connectivity index (χ3v) is 1.45. The van der Waals surface area contributed by atoms with Crippen molar-refractivity contribution in [2.75, 3.05) is 0 Å². The summed E-state index contributed by atoms with van der Waals surface area (Å²) in [5.74, 6) is 0. The van der Waals surface area contributed by atoms with Gasteiger partial charge in [-0.15, -0.1) is 0 Å². The number of nitrogens with zero attached hydrogens (tertiary/aromatic N) is 1. The van der Waals surface area contributed by atoms with E-state index in [1.54, 1.807) is 83.1 Å². The number of rotatable bonds is 9. The summed E-state index contributed by atoms with van der Waals surface area (Å²) in [5, 5.41) is 20.6. The molecule has 0 atom stereocenters. The Hall–Kier alpha value is -0.415. The topological polar surface area (TPSA) is 127 Å². The molecular weight excluding hydrogens is 393 g/mol. The van der Waals surface area contributed by atoms with Gasteiger partial charge in [0.2, 0.25) is 0 Å². The first kappa shape index (κ1) is 30.8. The second-order valence-corrected chi connectivity index (χ2v) is 9.72. The predicted octanol–water partition coefficient (Wildman–Crippen LogP) is 2.91. The molecule has 0 amide bonds. The Morgan fingerprint density at radius 2 is 0.793 bits per heavy atom. The highest BCUT2D eigenvalue weighted by atomic mass is 17.6. The zero-order valence-corrected chi connectivity index (χ0v) is 19.6. The van der Waals surface area contributed by atoms with Gasteiger partial charge in [0.1, 0.15) is 0 Å². The van der Waals surface area contributed by atoms with E-state index in [2.05, 4.69) is 14.7 Å². The van der Waals surface area contributed by atoms with Gasteiger partial charge in [-0.1, -0.05) is 20.0 Å². The van der Waals surface area contributed by atoms with Crippen LogP contribution < -0.4 is 0 Å². The first-order chi connectivity index (χ1) is 12.7. The maximum absolute atomic E-state index is 8.08. The van der Waals surface area contributed by atoms with Crippen LogP contribution in [-0.4, -0.2) is 45.2 Å². The molecule has 29 heavy (non-hydrogen) atoms. The molecule has 0 radical (unpaired) electrons. The molecule has 2 N–H and O–H groups in total. The third kappa shape index (κ3) is 29.9. The van der Waals surface area contributed by atoms with E-state index in [1.807, 2.05) is 0 Å². The van der Waals surface area contributed by atoms with Crippen molar-refractivity contribution in [3.63, 3.8) is 0 Å². The smallest absolute Gasteiger partial charge is 0.400 e. The molecule has 12 nitrogen and oxygen atoms in total. The highest BCUT2D eigenvalue weighted by Crippen LogP contribution is 2.15. The lowest BCUT2D eigenvalue weighted by atomic mass is 10.2. The lowest BCUT2D eigenvalue weighted by Gasteiger charge is -2.26. The minimum atomic E-state index is -1.97. The van der Waals surface area contributed by atoms with Crippen molar-refractivity contribution in [2.24, 2.45) is 0 Å². The zero-order valence-electron chi connectivity index (χ0n) is 19.6. The summed E-state index contributed by atoms with van der Waals surface area (Å²) in [6, 6.07) is 0. The first-order valence-corrected chi connectivity index (χ1v) is 8.95. The van der Waals surface area contributed by atoms with Crippen LogP contribution in [0.2, 0.25) is 0 Å². The Kier molecular flexibility index (Phi) is 13.9. The first-order valence-electron chi connectivity index (χ1n) is 8.95. The molecule has 0 aromatic rings. The number of hydrogen-bond acceptors (Lipinski definition) is 12. The Morgan fingerprint density at radius 1 is 0.517 bits per heavy atom. The van der Waals surface area contributed by atoms with E-state index in [4.69, 9.17) is 39.7 Å². The van der Waals surface area contributed by atoms with E-state index in [9.17, 15) is 0 Å². The summed E-state index contributed by atoms with van der Waals surface area (Å²) in [7, 11) is -1.97. The lowest BCUT2D eigenvalue weighted by Crippen LogP contribution is -2.35. The van der Waals surface area contributed by atoms with E-state index in [1.165, 1.54) is 0 Å². The van der Waals surface area contributed by atoms with Crippen molar-refractivity contribution >= 4 is 7.32 Å². The van der Waals surface area contributed by atoms with Crippen LogP contribution in [0.4, 0.5) is 0 Å². The van der Waals surface area contributed by atoms with Gasteiger partial charge >= 0.3 is 7.32 Å². The fourth-order valence-electron chi connectivity index (χ4n) is 0.621. The predicted molar refractivity (Wildman–Crippen MR) is 101 cm³/mol. The monoisotopic (exact) mass is 431 g/mol. The van der Waals surface area contributed by atoms with Crippen LogP contribution in [0, 0.1) is 0 Å². The molecule has 0 aromatic heterocycles. The van der Waals surface area contributed by atoms with Crippen molar-refractivity contribution in [1.82, 2.24) is 5.39 Å². The van der Waals surface area contributed by atoms with Crippen LogP contribution in [0.15, 0.2) is 0 Å². The molecule has 0 aliphatic heterocycles. The van der Waals surface area contributed by atoms with Gasteiger partial charge in [0.15, 0.2) is 5.39 Å². The summed E-state index contributed by atoms with van der Waals surface area (Å²) in [6.07, 6.45) is 0. The summed E-state index contributed by atoms with van der Waals surface area (Å²) < 4.78 is 0. The third-order valence-electron chi connectivity index (χ3n) is 1.45. The van der Waals surface area contributed by atoms with Crippen LogP contribution in [0.1, 0.15) is 83.1 Å². The second kappa shape index (κ2) is 13.1. The summed E-state index contributed by atoms with van der Waals surface area (Å²) in [4.78, 5) is 37.9.